The second-order valence-corrected chi connectivity index (χ2v) is 3.99. The summed E-state index contributed by atoms with van der Waals surface area (Å²) >= 11 is 0. The number of amides is 1. The van der Waals surface area contributed by atoms with E-state index in [4.69, 9.17) is 5.11 Å². The van der Waals surface area contributed by atoms with E-state index in [0.717, 1.165) is 10.6 Å². The number of carboxylic acid groups (broad SMARTS) is 1. The van der Waals surface area contributed by atoms with Crippen LogP contribution in [-0.2, 0) is 16.1 Å². The molecular weight excluding hydrogens is 254 g/mol. The summed E-state index contributed by atoms with van der Waals surface area (Å²) in [4.78, 5) is 46.6. The van der Waals surface area contributed by atoms with Crippen LogP contribution in [0, 0.1) is 0 Å². The smallest absolute Gasteiger partial charge is 0.328 e. The highest BCUT2D eigenvalue weighted by Gasteiger charge is 2.18. The molecule has 3 N–H and O–H groups in total. The lowest BCUT2D eigenvalue weighted by atomic mass is 10.1. The molecule has 0 saturated heterocycles. The van der Waals surface area contributed by atoms with Crippen molar-refractivity contribution < 1.29 is 14.7 Å². The van der Waals surface area contributed by atoms with Gasteiger partial charge in [-0.05, 0) is 6.42 Å². The van der Waals surface area contributed by atoms with E-state index in [1.807, 2.05) is 4.98 Å². The second-order valence-electron chi connectivity index (χ2n) is 3.99. The van der Waals surface area contributed by atoms with Crippen LogP contribution in [0.1, 0.15) is 19.8 Å². The van der Waals surface area contributed by atoms with Crippen LogP contribution in [0.15, 0.2) is 21.9 Å². The van der Waals surface area contributed by atoms with Gasteiger partial charge in [0, 0.05) is 12.3 Å². The zero-order chi connectivity index (χ0) is 14.4. The van der Waals surface area contributed by atoms with E-state index >= 15 is 0 Å². The molecule has 0 aliphatic carbocycles. The molecule has 8 nitrogen and oxygen atoms in total. The van der Waals surface area contributed by atoms with E-state index in [1.165, 1.54) is 6.20 Å². The molecule has 0 saturated carbocycles. The highest BCUT2D eigenvalue weighted by atomic mass is 16.4. The molecule has 0 bridgehead atoms. The fourth-order valence-electron chi connectivity index (χ4n) is 1.51. The maximum Gasteiger partial charge on any atom is 0.328 e. The topological polar surface area (TPSA) is 121 Å². The number of aliphatic carboxylic acids is 1. The first-order valence-electron chi connectivity index (χ1n) is 5.76. The van der Waals surface area contributed by atoms with Crippen molar-refractivity contribution >= 4 is 11.9 Å². The number of hydrogen-bond donors (Lipinski definition) is 3. The van der Waals surface area contributed by atoms with Gasteiger partial charge in [0.05, 0.1) is 0 Å². The zero-order valence-electron chi connectivity index (χ0n) is 10.4. The Kier molecular flexibility index (Phi) is 5.04. The maximum absolute atomic E-state index is 11.6. The molecular formula is C11H15N3O5. The maximum atomic E-state index is 11.6. The first-order chi connectivity index (χ1) is 8.93. The average molecular weight is 269 g/mol. The quantitative estimate of drug-likeness (QED) is 0.605. The molecule has 8 heteroatoms. The molecule has 1 atom stereocenters. The van der Waals surface area contributed by atoms with Gasteiger partial charge in [0.15, 0.2) is 0 Å². The van der Waals surface area contributed by atoms with Crippen LogP contribution >= 0.6 is 0 Å². The summed E-state index contributed by atoms with van der Waals surface area (Å²) in [6.07, 6.45) is 2.09. The zero-order valence-corrected chi connectivity index (χ0v) is 10.4. The van der Waals surface area contributed by atoms with Gasteiger partial charge in [0.2, 0.25) is 5.91 Å². The van der Waals surface area contributed by atoms with Gasteiger partial charge in [0.25, 0.3) is 5.56 Å². The Labute approximate surface area is 108 Å². The molecule has 1 aromatic rings. The minimum Gasteiger partial charge on any atom is -0.480 e. The largest absolute Gasteiger partial charge is 0.480 e. The van der Waals surface area contributed by atoms with Gasteiger partial charge < -0.3 is 10.4 Å². The van der Waals surface area contributed by atoms with Gasteiger partial charge in [-0.2, -0.15) is 0 Å². The van der Waals surface area contributed by atoms with Crippen molar-refractivity contribution in [3.63, 3.8) is 0 Å². The number of aromatic nitrogens is 2. The molecule has 104 valence electrons. The predicted octanol–water partition coefficient (Wildman–Crippen LogP) is -1.09. The molecule has 0 spiro atoms. The highest BCUT2D eigenvalue weighted by Crippen LogP contribution is 1.96. The van der Waals surface area contributed by atoms with E-state index in [2.05, 4.69) is 5.32 Å². The summed E-state index contributed by atoms with van der Waals surface area (Å²) in [5, 5.41) is 11.2. The third-order valence-electron chi connectivity index (χ3n) is 2.42. The Hall–Kier alpha value is -2.38. The van der Waals surface area contributed by atoms with E-state index < -0.39 is 29.2 Å². The number of H-pyrrole nitrogens is 1. The highest BCUT2D eigenvalue weighted by molar-refractivity contribution is 5.83. The number of carboxylic acids is 1. The van der Waals surface area contributed by atoms with Crippen molar-refractivity contribution in [2.45, 2.75) is 32.4 Å². The minimum atomic E-state index is -1.12. The fourth-order valence-corrected chi connectivity index (χ4v) is 1.51. The molecule has 0 unspecified atom stereocenters. The van der Waals surface area contributed by atoms with Crippen molar-refractivity contribution in [3.8, 4) is 0 Å². The first kappa shape index (κ1) is 14.7. The summed E-state index contributed by atoms with van der Waals surface area (Å²) in [7, 11) is 0. The number of nitrogens with one attached hydrogen (secondary N) is 2. The number of hydrogen-bond acceptors (Lipinski definition) is 4. The molecule has 1 rings (SSSR count). The fraction of sp³-hybridized carbons (Fsp3) is 0.455. The van der Waals surface area contributed by atoms with Crippen molar-refractivity contribution in [2.24, 2.45) is 0 Å². The lowest BCUT2D eigenvalue weighted by Gasteiger charge is -2.13. The normalized spacial score (nSPS) is 11.8. The lowest BCUT2D eigenvalue weighted by Crippen LogP contribution is -2.43. The number of aromatic amines is 1. The van der Waals surface area contributed by atoms with Crippen LogP contribution < -0.4 is 16.6 Å². The van der Waals surface area contributed by atoms with Gasteiger partial charge in [-0.25, -0.2) is 9.59 Å². The Morgan fingerprint density at radius 3 is 2.68 bits per heavy atom. The van der Waals surface area contributed by atoms with Gasteiger partial charge in [-0.1, -0.05) is 13.3 Å². The van der Waals surface area contributed by atoms with E-state index in [9.17, 15) is 19.2 Å². The molecule has 19 heavy (non-hydrogen) atoms. The average Bonchev–Trinajstić information content (AvgIpc) is 2.32. The number of rotatable bonds is 6. The predicted molar refractivity (Wildman–Crippen MR) is 65.8 cm³/mol. The van der Waals surface area contributed by atoms with E-state index in [0.29, 0.717) is 12.8 Å². The molecule has 0 aliphatic rings. The molecule has 0 fully saturated rings. The van der Waals surface area contributed by atoms with Gasteiger partial charge in [0.1, 0.15) is 12.6 Å². The molecule has 0 radical (unpaired) electrons. The van der Waals surface area contributed by atoms with Crippen molar-refractivity contribution in [1.29, 1.82) is 0 Å². The third kappa shape index (κ3) is 4.41. The SMILES string of the molecule is CCC[C@@H](NC(=O)Cn1ccc(=O)[nH]c1=O)C(=O)O. The van der Waals surface area contributed by atoms with Crippen LogP contribution in [0.25, 0.3) is 0 Å². The Morgan fingerprint density at radius 2 is 2.16 bits per heavy atom. The van der Waals surface area contributed by atoms with Crippen LogP contribution in [0.2, 0.25) is 0 Å². The molecule has 1 heterocycles. The van der Waals surface area contributed by atoms with E-state index in [1.54, 1.807) is 6.92 Å². The van der Waals surface area contributed by atoms with Crippen LogP contribution in [-0.4, -0.2) is 32.6 Å². The van der Waals surface area contributed by atoms with Crippen LogP contribution in [0.4, 0.5) is 0 Å². The van der Waals surface area contributed by atoms with Crippen molar-refractivity contribution in [3.05, 3.63) is 33.1 Å². The van der Waals surface area contributed by atoms with E-state index in [-0.39, 0.29) is 6.54 Å². The lowest BCUT2D eigenvalue weighted by molar-refractivity contribution is -0.142. The van der Waals surface area contributed by atoms with Crippen LogP contribution in [0.3, 0.4) is 0 Å². The Morgan fingerprint density at radius 1 is 1.47 bits per heavy atom. The molecule has 0 aromatic carbocycles. The number of carbonyl (C=O) groups excluding carboxylic acids is 1. The van der Waals surface area contributed by atoms with Crippen LogP contribution in [0.5, 0.6) is 0 Å². The summed E-state index contributed by atoms with van der Waals surface area (Å²) in [5.74, 6) is -1.72. The molecule has 0 aliphatic heterocycles. The second kappa shape index (κ2) is 6.53. The number of nitrogens with zero attached hydrogens (tertiary/aromatic N) is 1. The summed E-state index contributed by atoms with van der Waals surface area (Å²) in [6, 6.07) is 0.131. The number of carbonyl (C=O) groups is 2. The summed E-state index contributed by atoms with van der Waals surface area (Å²) in [5.41, 5.74) is -1.28. The monoisotopic (exact) mass is 269 g/mol. The Balaban J connectivity index is 2.71. The first-order valence-corrected chi connectivity index (χ1v) is 5.76. The molecule has 1 amide bonds. The van der Waals surface area contributed by atoms with Gasteiger partial charge in [-0.15, -0.1) is 0 Å². The van der Waals surface area contributed by atoms with Gasteiger partial charge >= 0.3 is 11.7 Å². The minimum absolute atomic E-state index is 0.307. The summed E-state index contributed by atoms with van der Waals surface area (Å²) < 4.78 is 0.988. The van der Waals surface area contributed by atoms with Crippen molar-refractivity contribution in [2.75, 3.05) is 0 Å². The molecule has 1 aromatic heterocycles. The third-order valence-corrected chi connectivity index (χ3v) is 2.42. The summed E-state index contributed by atoms with van der Waals surface area (Å²) in [6.45, 7) is 1.46. The standard InChI is InChI=1S/C11H15N3O5/c1-2-3-7(10(17)18)12-9(16)6-14-5-4-8(15)13-11(14)19/h4-5,7H,2-3,6H2,1H3,(H,12,16)(H,17,18)(H,13,15,19)/t7-/m1/s1. The van der Waals surface area contributed by atoms with Crippen molar-refractivity contribution in [1.82, 2.24) is 14.9 Å². The Bertz CT molecular complexity index is 574. The van der Waals surface area contributed by atoms with Gasteiger partial charge in [-0.3, -0.25) is 19.1 Å².